The molecule has 0 saturated carbocycles. The smallest absolute Gasteiger partial charge is 0.326 e. The number of hydrogen-bond donors (Lipinski definition) is 2. The van der Waals surface area contributed by atoms with E-state index < -0.39 is 12.0 Å². The third-order valence-corrected chi connectivity index (χ3v) is 3.10. The van der Waals surface area contributed by atoms with E-state index in [1.165, 1.54) is 4.90 Å². The van der Waals surface area contributed by atoms with Crippen LogP contribution in [0.15, 0.2) is 24.3 Å². The molecule has 1 aromatic rings. The zero-order valence-electron chi connectivity index (χ0n) is 10.2. The van der Waals surface area contributed by atoms with E-state index in [2.05, 4.69) is 5.32 Å². The SMILES string of the molecule is Cc1ccc(NC(=O)N2CCC[C@H]2C(=O)O)cc1. The lowest BCUT2D eigenvalue weighted by Crippen LogP contribution is -2.42. The normalized spacial score (nSPS) is 18.7. The Morgan fingerprint density at radius 1 is 1.33 bits per heavy atom. The fraction of sp³-hybridized carbons (Fsp3) is 0.385. The van der Waals surface area contributed by atoms with Gasteiger partial charge in [-0.15, -0.1) is 0 Å². The van der Waals surface area contributed by atoms with Crippen molar-refractivity contribution in [2.24, 2.45) is 0 Å². The van der Waals surface area contributed by atoms with Gasteiger partial charge in [-0.05, 0) is 31.9 Å². The zero-order chi connectivity index (χ0) is 13.1. The van der Waals surface area contributed by atoms with Gasteiger partial charge in [0.2, 0.25) is 0 Å². The van der Waals surface area contributed by atoms with Crippen molar-refractivity contribution in [2.75, 3.05) is 11.9 Å². The van der Waals surface area contributed by atoms with Crippen molar-refractivity contribution in [3.8, 4) is 0 Å². The summed E-state index contributed by atoms with van der Waals surface area (Å²) in [6, 6.07) is 6.36. The summed E-state index contributed by atoms with van der Waals surface area (Å²) in [4.78, 5) is 24.3. The van der Waals surface area contributed by atoms with E-state index in [0.29, 0.717) is 18.7 Å². The minimum Gasteiger partial charge on any atom is -0.480 e. The number of rotatable bonds is 2. The standard InChI is InChI=1S/C13H16N2O3/c1-9-4-6-10(7-5-9)14-13(18)15-8-2-3-11(15)12(16)17/h4-7,11H,2-3,8H2,1H3,(H,14,18)(H,16,17)/t11-/m0/s1. The van der Waals surface area contributed by atoms with Gasteiger partial charge in [-0.25, -0.2) is 9.59 Å². The number of urea groups is 1. The fourth-order valence-electron chi connectivity index (χ4n) is 2.10. The maximum absolute atomic E-state index is 12.0. The zero-order valence-corrected chi connectivity index (χ0v) is 10.2. The molecule has 1 aliphatic heterocycles. The van der Waals surface area contributed by atoms with Crippen molar-refractivity contribution in [3.63, 3.8) is 0 Å². The molecule has 0 aliphatic carbocycles. The van der Waals surface area contributed by atoms with E-state index in [0.717, 1.165) is 12.0 Å². The maximum Gasteiger partial charge on any atom is 0.326 e. The van der Waals surface area contributed by atoms with Crippen molar-refractivity contribution in [2.45, 2.75) is 25.8 Å². The molecule has 5 nitrogen and oxygen atoms in total. The van der Waals surface area contributed by atoms with Crippen molar-refractivity contribution in [1.29, 1.82) is 0 Å². The highest BCUT2D eigenvalue weighted by molar-refractivity contribution is 5.92. The number of carbonyl (C=O) groups excluding carboxylic acids is 1. The molecule has 1 heterocycles. The number of aryl methyl sites for hydroxylation is 1. The van der Waals surface area contributed by atoms with Crippen LogP contribution in [-0.2, 0) is 4.79 Å². The van der Waals surface area contributed by atoms with Gasteiger partial charge in [0.15, 0.2) is 0 Å². The molecule has 0 spiro atoms. The lowest BCUT2D eigenvalue weighted by atomic mass is 10.2. The van der Waals surface area contributed by atoms with Crippen LogP contribution in [0.4, 0.5) is 10.5 Å². The molecule has 1 saturated heterocycles. The molecule has 2 amide bonds. The molecular formula is C13H16N2O3. The van der Waals surface area contributed by atoms with E-state index in [1.54, 1.807) is 12.1 Å². The fourth-order valence-corrected chi connectivity index (χ4v) is 2.10. The van der Waals surface area contributed by atoms with E-state index >= 15 is 0 Å². The molecule has 96 valence electrons. The minimum absolute atomic E-state index is 0.344. The van der Waals surface area contributed by atoms with E-state index in [-0.39, 0.29) is 6.03 Å². The highest BCUT2D eigenvalue weighted by Crippen LogP contribution is 2.19. The molecule has 1 aliphatic rings. The van der Waals surface area contributed by atoms with Crippen LogP contribution in [0.3, 0.4) is 0 Å². The van der Waals surface area contributed by atoms with Gasteiger partial charge in [0, 0.05) is 12.2 Å². The van der Waals surface area contributed by atoms with Crippen molar-refractivity contribution in [1.82, 2.24) is 4.90 Å². The Bertz CT molecular complexity index is 456. The van der Waals surface area contributed by atoms with Gasteiger partial charge in [0.1, 0.15) is 6.04 Å². The third-order valence-electron chi connectivity index (χ3n) is 3.10. The first-order valence-electron chi connectivity index (χ1n) is 5.95. The first-order chi connectivity index (χ1) is 8.58. The Morgan fingerprint density at radius 2 is 2.00 bits per heavy atom. The van der Waals surface area contributed by atoms with Gasteiger partial charge in [0.25, 0.3) is 0 Å². The van der Waals surface area contributed by atoms with Crippen LogP contribution >= 0.6 is 0 Å². The highest BCUT2D eigenvalue weighted by Gasteiger charge is 2.33. The van der Waals surface area contributed by atoms with E-state index in [1.807, 2.05) is 19.1 Å². The Kier molecular flexibility index (Phi) is 3.50. The largest absolute Gasteiger partial charge is 0.480 e. The van der Waals surface area contributed by atoms with Crippen LogP contribution in [0.25, 0.3) is 0 Å². The molecule has 0 unspecified atom stereocenters. The molecule has 0 aromatic heterocycles. The number of aliphatic carboxylic acids is 1. The number of carboxylic acid groups (broad SMARTS) is 1. The summed E-state index contributed by atoms with van der Waals surface area (Å²) < 4.78 is 0. The lowest BCUT2D eigenvalue weighted by Gasteiger charge is -2.21. The second kappa shape index (κ2) is 5.08. The van der Waals surface area contributed by atoms with Gasteiger partial charge in [0.05, 0.1) is 0 Å². The van der Waals surface area contributed by atoms with Gasteiger partial charge in [-0.1, -0.05) is 17.7 Å². The number of hydrogen-bond acceptors (Lipinski definition) is 2. The molecule has 18 heavy (non-hydrogen) atoms. The quantitative estimate of drug-likeness (QED) is 0.841. The lowest BCUT2D eigenvalue weighted by molar-refractivity contribution is -0.141. The number of likely N-dealkylation sites (tertiary alicyclic amines) is 1. The number of nitrogens with one attached hydrogen (secondary N) is 1. The Morgan fingerprint density at radius 3 is 2.61 bits per heavy atom. The van der Waals surface area contributed by atoms with Crippen LogP contribution in [0.2, 0.25) is 0 Å². The van der Waals surface area contributed by atoms with Gasteiger partial charge in [-0.2, -0.15) is 0 Å². The van der Waals surface area contributed by atoms with Gasteiger partial charge >= 0.3 is 12.0 Å². The van der Waals surface area contributed by atoms with Crippen molar-refractivity contribution in [3.05, 3.63) is 29.8 Å². The summed E-state index contributed by atoms with van der Waals surface area (Å²) >= 11 is 0. The minimum atomic E-state index is -0.938. The summed E-state index contributed by atoms with van der Waals surface area (Å²) in [6.07, 6.45) is 1.26. The highest BCUT2D eigenvalue weighted by atomic mass is 16.4. The number of carboxylic acids is 1. The molecule has 0 radical (unpaired) electrons. The number of benzene rings is 1. The number of anilines is 1. The number of amides is 2. The molecule has 1 aromatic carbocycles. The molecule has 2 rings (SSSR count). The van der Waals surface area contributed by atoms with E-state index in [4.69, 9.17) is 5.11 Å². The molecule has 1 fully saturated rings. The summed E-state index contributed by atoms with van der Waals surface area (Å²) in [6.45, 7) is 2.46. The average molecular weight is 248 g/mol. The number of carbonyl (C=O) groups is 2. The van der Waals surface area contributed by atoms with Crippen LogP contribution in [0.1, 0.15) is 18.4 Å². The second-order valence-corrected chi connectivity index (χ2v) is 4.49. The summed E-state index contributed by atoms with van der Waals surface area (Å²) in [5.41, 5.74) is 1.79. The molecule has 1 atom stereocenters. The molecular weight excluding hydrogens is 232 g/mol. The Hall–Kier alpha value is -2.04. The van der Waals surface area contributed by atoms with Gasteiger partial charge < -0.3 is 15.3 Å². The first-order valence-corrected chi connectivity index (χ1v) is 5.95. The van der Waals surface area contributed by atoms with Crippen molar-refractivity contribution >= 4 is 17.7 Å². The Balaban J connectivity index is 2.03. The number of nitrogens with zero attached hydrogens (tertiary/aromatic N) is 1. The second-order valence-electron chi connectivity index (χ2n) is 4.49. The summed E-state index contributed by atoms with van der Waals surface area (Å²) in [5.74, 6) is -0.938. The molecule has 2 N–H and O–H groups in total. The van der Waals surface area contributed by atoms with Crippen LogP contribution in [-0.4, -0.2) is 34.6 Å². The van der Waals surface area contributed by atoms with Crippen LogP contribution in [0.5, 0.6) is 0 Å². The predicted molar refractivity (Wildman–Crippen MR) is 67.6 cm³/mol. The average Bonchev–Trinajstić information content (AvgIpc) is 2.81. The van der Waals surface area contributed by atoms with Crippen molar-refractivity contribution < 1.29 is 14.7 Å². The monoisotopic (exact) mass is 248 g/mol. The Labute approximate surface area is 105 Å². The van der Waals surface area contributed by atoms with Crippen LogP contribution < -0.4 is 5.32 Å². The topological polar surface area (TPSA) is 69.6 Å². The third kappa shape index (κ3) is 2.61. The first kappa shape index (κ1) is 12.4. The summed E-state index contributed by atoms with van der Waals surface area (Å²) in [7, 11) is 0. The maximum atomic E-state index is 12.0. The predicted octanol–water partition coefficient (Wildman–Crippen LogP) is 2.08. The molecule has 5 heteroatoms. The van der Waals surface area contributed by atoms with Gasteiger partial charge in [-0.3, -0.25) is 0 Å². The molecule has 0 bridgehead atoms. The summed E-state index contributed by atoms with van der Waals surface area (Å²) in [5, 5.41) is 11.7. The van der Waals surface area contributed by atoms with Crippen LogP contribution in [0, 0.1) is 6.92 Å². The van der Waals surface area contributed by atoms with E-state index in [9.17, 15) is 9.59 Å².